The number of benzene rings is 3. The molecule has 156 valence electrons. The molecule has 0 radical (unpaired) electrons. The van der Waals surface area contributed by atoms with E-state index < -0.39 is 6.10 Å². The van der Waals surface area contributed by atoms with Crippen molar-refractivity contribution in [3.8, 4) is 17.2 Å². The van der Waals surface area contributed by atoms with Crippen molar-refractivity contribution >= 4 is 21.8 Å². The van der Waals surface area contributed by atoms with Crippen LogP contribution >= 0.6 is 0 Å². The number of ether oxygens (including phenoxy) is 3. The minimum atomic E-state index is -0.584. The van der Waals surface area contributed by atoms with Crippen LogP contribution in [0.4, 0.5) is 0 Å². The number of hydrogen-bond donors (Lipinski definition) is 3. The highest BCUT2D eigenvalue weighted by Crippen LogP contribution is 2.33. The third kappa shape index (κ3) is 4.50. The number of hydrogen-bond acceptors (Lipinski definition) is 5. The number of H-pyrrole nitrogens is 1. The second-order valence-electron chi connectivity index (χ2n) is 6.91. The molecule has 0 amide bonds. The van der Waals surface area contributed by atoms with Crippen LogP contribution in [0.15, 0.2) is 66.7 Å². The van der Waals surface area contributed by atoms with E-state index in [2.05, 4.69) is 4.98 Å². The smallest absolute Gasteiger partial charge is 0.211 e. The molecule has 1 unspecified atom stereocenters. The number of aromatic nitrogens is 1. The summed E-state index contributed by atoms with van der Waals surface area (Å²) >= 11 is 0. The van der Waals surface area contributed by atoms with Crippen LogP contribution in [0.1, 0.15) is 0 Å². The maximum atomic E-state index is 8.17. The van der Waals surface area contributed by atoms with Crippen LogP contribution in [0.5, 0.6) is 17.2 Å². The SMILES string of the molecule is [2H]OC(COc1cccc2[nH]c3ccccc3c12)CN([2H])CCOc1ccccc1OC. The van der Waals surface area contributed by atoms with E-state index >= 15 is 0 Å². The summed E-state index contributed by atoms with van der Waals surface area (Å²) in [6.07, 6.45) is -0.584. The minimum absolute atomic E-state index is 0.158. The molecule has 4 aromatic rings. The minimum Gasteiger partial charge on any atom is -0.493 e. The van der Waals surface area contributed by atoms with Gasteiger partial charge in [0, 0.05) is 29.4 Å². The van der Waals surface area contributed by atoms with Crippen LogP contribution in [0.25, 0.3) is 21.8 Å². The van der Waals surface area contributed by atoms with Crippen LogP contribution in [0, 0.1) is 0 Å². The van der Waals surface area contributed by atoms with Crippen molar-refractivity contribution in [3.05, 3.63) is 66.7 Å². The molecule has 4 rings (SSSR count). The lowest BCUT2D eigenvalue weighted by molar-refractivity contribution is 0.106. The van der Waals surface area contributed by atoms with Crippen molar-refractivity contribution < 1.29 is 20.7 Å². The van der Waals surface area contributed by atoms with Gasteiger partial charge in [0.2, 0.25) is 1.43 Å². The zero-order valence-electron chi connectivity index (χ0n) is 18.8. The van der Waals surface area contributed by atoms with Gasteiger partial charge in [0.25, 0.3) is 0 Å². The molecule has 6 nitrogen and oxygen atoms in total. The highest BCUT2D eigenvalue weighted by molar-refractivity contribution is 6.10. The average Bonchev–Trinajstić information content (AvgIpc) is 3.21. The standard InChI is InChI=1S/C24H26N2O4/c1-28-21-10-4-5-11-22(21)29-14-13-25-15-17(27)16-30-23-12-6-9-20-24(23)18-7-2-3-8-19(18)26-20/h2-12,17,25-27H,13-16H2,1H3/i27D/hD. The predicted octanol–water partition coefficient (Wildman–Crippen LogP) is 3.74. The van der Waals surface area contributed by atoms with E-state index in [0.717, 1.165) is 27.6 Å². The first-order valence-electron chi connectivity index (χ1n) is 10.8. The van der Waals surface area contributed by atoms with Gasteiger partial charge in [0.15, 0.2) is 11.5 Å². The van der Waals surface area contributed by atoms with E-state index in [9.17, 15) is 0 Å². The number of methoxy groups -OCH3 is 1. The van der Waals surface area contributed by atoms with Gasteiger partial charge in [0.05, 0.1) is 12.6 Å². The van der Waals surface area contributed by atoms with E-state index in [4.69, 9.17) is 22.2 Å². The Labute approximate surface area is 178 Å². The molecule has 6 heteroatoms. The molecule has 3 aromatic carbocycles. The molecule has 0 saturated heterocycles. The summed E-state index contributed by atoms with van der Waals surface area (Å²) in [7, 11) is 1.59. The molecule has 0 bridgehead atoms. The second-order valence-corrected chi connectivity index (χ2v) is 6.91. The molecule has 1 atom stereocenters. The highest BCUT2D eigenvalue weighted by Gasteiger charge is 2.11. The Kier molecular flexibility index (Phi) is 5.59. The number of rotatable bonds is 11. The molecular formula is C24H26N2O4. The number of aliphatic hydroxyl groups is 1. The lowest BCUT2D eigenvalue weighted by atomic mass is 10.1. The van der Waals surface area contributed by atoms with E-state index in [1.54, 1.807) is 7.11 Å². The Morgan fingerprint density at radius 1 is 0.967 bits per heavy atom. The first-order valence-corrected chi connectivity index (χ1v) is 9.93. The highest BCUT2D eigenvalue weighted by atomic mass is 16.5. The van der Waals surface area contributed by atoms with Crippen LogP contribution in [0.2, 0.25) is 1.41 Å². The summed E-state index contributed by atoms with van der Waals surface area (Å²) in [5, 5.41) is 8.21. The van der Waals surface area contributed by atoms with Crippen molar-refractivity contribution in [2.75, 3.05) is 33.4 Å². The fourth-order valence-corrected chi connectivity index (χ4v) is 3.42. The monoisotopic (exact) mass is 408 g/mol. The van der Waals surface area contributed by atoms with Crippen molar-refractivity contribution in [2.24, 2.45) is 0 Å². The summed E-state index contributed by atoms with van der Waals surface area (Å²) in [5.41, 5.74) is 2.03. The third-order valence-electron chi connectivity index (χ3n) is 4.83. The van der Waals surface area contributed by atoms with Gasteiger partial charge in [-0.2, -0.15) is 0 Å². The molecule has 0 saturated carbocycles. The lowest BCUT2D eigenvalue weighted by Gasteiger charge is -2.15. The topological polar surface area (TPSA) is 75.7 Å². The molecule has 30 heavy (non-hydrogen) atoms. The first kappa shape index (κ1) is 17.6. The van der Waals surface area contributed by atoms with Gasteiger partial charge in [-0.25, -0.2) is 0 Å². The fourth-order valence-electron chi connectivity index (χ4n) is 3.42. The van der Waals surface area contributed by atoms with Crippen molar-refractivity contribution in [1.82, 2.24) is 10.3 Å². The van der Waals surface area contributed by atoms with Crippen LogP contribution < -0.4 is 19.5 Å². The summed E-state index contributed by atoms with van der Waals surface area (Å²) < 4.78 is 32.6. The number of nitrogens with one attached hydrogen (secondary N) is 2. The average molecular weight is 408 g/mol. The van der Waals surface area contributed by atoms with Gasteiger partial charge in [-0.05, 0) is 30.3 Å². The molecule has 0 fully saturated rings. The van der Waals surface area contributed by atoms with Crippen LogP contribution in [0.3, 0.4) is 0 Å². The van der Waals surface area contributed by atoms with Gasteiger partial charge >= 0.3 is 0 Å². The molecule has 3 N–H and O–H groups in total. The number of fused-ring (bicyclic) bond motifs is 3. The number of aliphatic hydroxyl groups excluding tert-OH is 1. The quantitative estimate of drug-likeness (QED) is 0.353. The van der Waals surface area contributed by atoms with Gasteiger partial charge in [0.1, 0.15) is 26.5 Å². The molecule has 0 aliphatic carbocycles. The van der Waals surface area contributed by atoms with E-state index in [1.165, 1.54) is 5.31 Å². The lowest BCUT2D eigenvalue weighted by Crippen LogP contribution is -2.33. The van der Waals surface area contributed by atoms with Gasteiger partial charge < -0.3 is 29.6 Å². The summed E-state index contributed by atoms with van der Waals surface area (Å²) in [5.74, 6) is 2.00. The third-order valence-corrected chi connectivity index (χ3v) is 4.83. The summed E-state index contributed by atoms with van der Waals surface area (Å²) in [6, 6.07) is 21.3. The summed E-state index contributed by atoms with van der Waals surface area (Å²) in [4.78, 5) is 3.39. The zero-order chi connectivity index (χ0) is 22.3. The Bertz CT molecular complexity index is 1170. The van der Waals surface area contributed by atoms with Gasteiger partial charge in [-0.3, -0.25) is 0 Å². The van der Waals surface area contributed by atoms with Crippen LogP contribution in [-0.4, -0.2) is 51.0 Å². The molecule has 0 aliphatic rings. The van der Waals surface area contributed by atoms with Crippen LogP contribution in [-0.2, 0) is 0 Å². The van der Waals surface area contributed by atoms with E-state index in [1.807, 2.05) is 66.7 Å². The van der Waals surface area contributed by atoms with Crippen molar-refractivity contribution in [3.63, 3.8) is 0 Å². The maximum absolute atomic E-state index is 8.17. The van der Waals surface area contributed by atoms with E-state index in [-0.39, 0.29) is 13.2 Å². The molecular weight excluding hydrogens is 380 g/mol. The van der Waals surface area contributed by atoms with Crippen molar-refractivity contribution in [2.45, 2.75) is 6.10 Å². The van der Waals surface area contributed by atoms with Crippen molar-refractivity contribution in [1.29, 1.82) is 1.43 Å². The Balaban J connectivity index is 1.33. The Morgan fingerprint density at radius 2 is 1.73 bits per heavy atom. The molecule has 1 aromatic heterocycles. The Morgan fingerprint density at radius 3 is 2.60 bits per heavy atom. The first-order chi connectivity index (χ1) is 15.7. The maximum Gasteiger partial charge on any atom is 0.211 e. The number of para-hydroxylation sites is 3. The van der Waals surface area contributed by atoms with E-state index in [0.29, 0.717) is 24.7 Å². The predicted molar refractivity (Wildman–Crippen MR) is 119 cm³/mol. The fraction of sp³-hybridized carbons (Fsp3) is 0.250. The molecule has 0 spiro atoms. The zero-order valence-corrected chi connectivity index (χ0v) is 16.8. The normalized spacial score (nSPS) is 13.3. The second kappa shape index (κ2) is 9.52. The largest absolute Gasteiger partial charge is 0.493 e. The Hall–Kier alpha value is -3.22. The van der Waals surface area contributed by atoms with Gasteiger partial charge in [-0.1, -0.05) is 36.4 Å². The summed E-state index contributed by atoms with van der Waals surface area (Å²) in [6.45, 7) is 1.02. The molecule has 1 heterocycles. The van der Waals surface area contributed by atoms with Gasteiger partial charge in [-0.15, -0.1) is 0 Å². The molecule has 0 aliphatic heterocycles. The number of aromatic amines is 1.